The molecule has 0 aliphatic heterocycles. The maximum atomic E-state index is 10.5. The highest BCUT2D eigenvalue weighted by molar-refractivity contribution is 7.72. The number of thiol groups is 1. The Morgan fingerprint density at radius 1 is 1.31 bits per heavy atom. The molecule has 0 saturated heterocycles. The fourth-order valence-corrected chi connectivity index (χ4v) is 1.13. The highest BCUT2D eigenvalue weighted by Crippen LogP contribution is 2.09. The van der Waals surface area contributed by atoms with Gasteiger partial charge in [-0.3, -0.25) is 0 Å². The number of nitrogens with zero attached hydrogens (tertiary/aromatic N) is 3. The predicted octanol–water partition coefficient (Wildman–Crippen LogP) is 1.29. The Kier molecular flexibility index (Phi) is 3.13. The van der Waals surface area contributed by atoms with E-state index in [0.717, 1.165) is 0 Å². The second-order valence-corrected chi connectivity index (χ2v) is 3.14. The Bertz CT molecular complexity index is 397. The maximum Gasteiger partial charge on any atom is 0.168 e. The zero-order valence-electron chi connectivity index (χ0n) is 6.41. The van der Waals surface area contributed by atoms with Crippen LogP contribution in [-0.4, -0.2) is 8.42 Å². The van der Waals surface area contributed by atoms with Crippen LogP contribution < -0.4 is 5.43 Å². The number of azide groups is 1. The van der Waals surface area contributed by atoms with E-state index < -0.39 is 10.7 Å². The molecule has 0 fully saturated rings. The molecule has 0 amide bonds. The SMILES string of the molecule is [N-]=[N+]=NNc1ccc([SH](=O)=O)cc1. The molecular weight excluding hydrogens is 192 g/mol. The molecule has 0 unspecified atom stereocenters. The van der Waals surface area contributed by atoms with Crippen LogP contribution in [0.15, 0.2) is 34.4 Å². The minimum absolute atomic E-state index is 0.224. The number of nitrogens with one attached hydrogen (secondary N) is 1. The van der Waals surface area contributed by atoms with Crippen molar-refractivity contribution < 1.29 is 8.42 Å². The maximum absolute atomic E-state index is 10.5. The molecule has 0 spiro atoms. The minimum Gasteiger partial charge on any atom is -0.227 e. The zero-order chi connectivity index (χ0) is 9.68. The second kappa shape index (κ2) is 4.34. The number of hydrogen-bond donors (Lipinski definition) is 2. The topological polar surface area (TPSA) is 94.9 Å². The van der Waals surface area contributed by atoms with E-state index in [1.54, 1.807) is 0 Å². The van der Waals surface area contributed by atoms with E-state index in [-0.39, 0.29) is 4.90 Å². The van der Waals surface area contributed by atoms with Crippen LogP contribution in [0.2, 0.25) is 0 Å². The molecule has 1 aromatic rings. The van der Waals surface area contributed by atoms with E-state index in [1.165, 1.54) is 24.3 Å². The molecule has 1 N–H and O–H groups in total. The van der Waals surface area contributed by atoms with Crippen molar-refractivity contribution in [1.29, 1.82) is 0 Å². The van der Waals surface area contributed by atoms with Crippen LogP contribution in [0.25, 0.3) is 10.4 Å². The summed E-state index contributed by atoms with van der Waals surface area (Å²) >= 11 is 0. The van der Waals surface area contributed by atoms with Crippen LogP contribution in [0.4, 0.5) is 5.69 Å². The molecule has 1 rings (SSSR count). The van der Waals surface area contributed by atoms with Gasteiger partial charge in [0.25, 0.3) is 0 Å². The van der Waals surface area contributed by atoms with Gasteiger partial charge in [0.05, 0.1) is 4.90 Å². The number of anilines is 1. The molecule has 1 aromatic carbocycles. The summed E-state index contributed by atoms with van der Waals surface area (Å²) in [7, 11) is -2.55. The molecule has 13 heavy (non-hydrogen) atoms. The third-order valence-electron chi connectivity index (χ3n) is 1.30. The lowest BCUT2D eigenvalue weighted by atomic mass is 10.3. The van der Waals surface area contributed by atoms with Crippen LogP contribution in [0.1, 0.15) is 0 Å². The Morgan fingerprint density at radius 3 is 2.38 bits per heavy atom. The molecule has 0 heterocycles. The molecule has 0 saturated carbocycles. The van der Waals surface area contributed by atoms with Gasteiger partial charge in [0.1, 0.15) is 5.69 Å². The summed E-state index contributed by atoms with van der Waals surface area (Å²) in [6.07, 6.45) is 0. The van der Waals surface area contributed by atoms with Crippen molar-refractivity contribution in [1.82, 2.24) is 0 Å². The highest BCUT2D eigenvalue weighted by Gasteiger charge is 1.95. The van der Waals surface area contributed by atoms with Crippen molar-refractivity contribution in [3.05, 3.63) is 34.7 Å². The first kappa shape index (κ1) is 9.37. The molecule has 0 aliphatic rings. The lowest BCUT2D eigenvalue weighted by Gasteiger charge is -1.93. The normalized spacial score (nSPS) is 9.31. The minimum atomic E-state index is -2.55. The van der Waals surface area contributed by atoms with Gasteiger partial charge in [-0.2, -0.15) is 4.91 Å². The van der Waals surface area contributed by atoms with Crippen molar-refractivity contribution in [2.75, 3.05) is 5.43 Å². The Balaban J connectivity index is 2.86. The van der Waals surface area contributed by atoms with Gasteiger partial charge in [0, 0.05) is 0 Å². The average molecular weight is 198 g/mol. The summed E-state index contributed by atoms with van der Waals surface area (Å²) in [5, 5.41) is 3.10. The van der Waals surface area contributed by atoms with Gasteiger partial charge in [0.2, 0.25) is 0 Å². The Labute approximate surface area is 75.7 Å². The first-order valence-corrected chi connectivity index (χ1v) is 4.46. The smallest absolute Gasteiger partial charge is 0.168 e. The van der Waals surface area contributed by atoms with E-state index in [1.807, 2.05) is 0 Å². The van der Waals surface area contributed by atoms with E-state index in [0.29, 0.717) is 5.69 Å². The quantitative estimate of drug-likeness (QED) is 0.252. The molecule has 0 radical (unpaired) electrons. The summed E-state index contributed by atoms with van der Waals surface area (Å²) in [6, 6.07) is 5.85. The number of rotatable bonds is 3. The summed E-state index contributed by atoms with van der Waals surface area (Å²) in [5.41, 5.74) is 10.9. The van der Waals surface area contributed by atoms with Gasteiger partial charge in [-0.25, -0.2) is 13.8 Å². The predicted molar refractivity (Wildman–Crippen MR) is 47.8 cm³/mol. The van der Waals surface area contributed by atoms with Gasteiger partial charge in [-0.15, -0.1) is 5.53 Å². The van der Waals surface area contributed by atoms with Crippen molar-refractivity contribution in [2.45, 2.75) is 4.90 Å². The van der Waals surface area contributed by atoms with Crippen molar-refractivity contribution >= 4 is 16.4 Å². The lowest BCUT2D eigenvalue weighted by molar-refractivity contribution is 0.614. The third kappa shape index (κ3) is 2.66. The summed E-state index contributed by atoms with van der Waals surface area (Å²) in [5.74, 6) is 0. The van der Waals surface area contributed by atoms with Crippen LogP contribution in [-0.2, 0) is 10.7 Å². The largest absolute Gasteiger partial charge is 0.227 e. The summed E-state index contributed by atoms with van der Waals surface area (Å²) < 4.78 is 20.9. The molecule has 0 atom stereocenters. The van der Waals surface area contributed by atoms with Crippen molar-refractivity contribution in [3.63, 3.8) is 0 Å². The van der Waals surface area contributed by atoms with Gasteiger partial charge < -0.3 is 0 Å². The summed E-state index contributed by atoms with van der Waals surface area (Å²) in [6.45, 7) is 0. The third-order valence-corrected chi connectivity index (χ3v) is 2.02. The van der Waals surface area contributed by atoms with Gasteiger partial charge in [-0.05, 0) is 29.5 Å². The molecule has 6 nitrogen and oxygen atoms in total. The standard InChI is InChI=1S/C6H6N4O2S/c7-9-10-8-5-1-3-6(4-2-5)13(11)12/h1-4,8,13H. The lowest BCUT2D eigenvalue weighted by Crippen LogP contribution is -1.86. The molecule has 0 aliphatic carbocycles. The molecule has 68 valence electrons. The number of benzene rings is 1. The Hall–Kier alpha value is -1.72. The molecular formula is C6H6N4O2S. The molecule has 7 heteroatoms. The van der Waals surface area contributed by atoms with E-state index >= 15 is 0 Å². The van der Waals surface area contributed by atoms with Crippen LogP contribution in [0.5, 0.6) is 0 Å². The van der Waals surface area contributed by atoms with Crippen LogP contribution in [0.3, 0.4) is 0 Å². The number of hydrogen-bond acceptors (Lipinski definition) is 3. The monoisotopic (exact) mass is 198 g/mol. The van der Waals surface area contributed by atoms with E-state index in [9.17, 15) is 8.42 Å². The van der Waals surface area contributed by atoms with E-state index in [4.69, 9.17) is 5.53 Å². The first-order chi connectivity index (χ1) is 6.24. The average Bonchev–Trinajstić information content (AvgIpc) is 2.15. The highest BCUT2D eigenvalue weighted by atomic mass is 32.2. The molecule has 0 aromatic heterocycles. The van der Waals surface area contributed by atoms with E-state index in [2.05, 4.69) is 15.6 Å². The van der Waals surface area contributed by atoms with Gasteiger partial charge >= 0.3 is 0 Å². The molecule has 0 bridgehead atoms. The fraction of sp³-hybridized carbons (Fsp3) is 0. The van der Waals surface area contributed by atoms with Crippen LogP contribution >= 0.6 is 0 Å². The first-order valence-electron chi connectivity index (χ1n) is 3.28. The van der Waals surface area contributed by atoms with Crippen molar-refractivity contribution in [3.8, 4) is 0 Å². The Morgan fingerprint density at radius 2 is 1.92 bits per heavy atom. The zero-order valence-corrected chi connectivity index (χ0v) is 7.31. The summed E-state index contributed by atoms with van der Waals surface area (Å²) in [4.78, 5) is 2.71. The van der Waals surface area contributed by atoms with Gasteiger partial charge in [0.15, 0.2) is 10.7 Å². The van der Waals surface area contributed by atoms with Gasteiger partial charge in [-0.1, -0.05) is 0 Å². The van der Waals surface area contributed by atoms with Crippen LogP contribution in [0, 0.1) is 0 Å². The second-order valence-electron chi connectivity index (χ2n) is 2.11. The fourth-order valence-electron chi connectivity index (χ4n) is 0.738. The van der Waals surface area contributed by atoms with Crippen molar-refractivity contribution in [2.24, 2.45) is 5.22 Å².